The van der Waals surface area contributed by atoms with Gasteiger partial charge < -0.3 is 15.2 Å². The molecule has 0 spiro atoms. The number of carbonyl (C=O) groups excluding carboxylic acids is 1. The molecule has 3 saturated carbocycles. The van der Waals surface area contributed by atoms with Crippen molar-refractivity contribution in [3.63, 3.8) is 0 Å². The lowest BCUT2D eigenvalue weighted by molar-refractivity contribution is -0.127. The molecule has 1 aromatic heterocycles. The van der Waals surface area contributed by atoms with Crippen LogP contribution in [0.4, 0.5) is 0 Å². The lowest BCUT2D eigenvalue weighted by atomic mass is 9.72. The number of pyridine rings is 1. The van der Waals surface area contributed by atoms with Crippen molar-refractivity contribution < 1.29 is 14.6 Å². The molecule has 0 saturated heterocycles. The Balaban J connectivity index is 1.24. The predicted octanol–water partition coefficient (Wildman–Crippen LogP) is 7.63. The van der Waals surface area contributed by atoms with E-state index in [9.17, 15) is 9.90 Å². The highest BCUT2D eigenvalue weighted by Gasteiger charge is 2.36. The molecule has 3 aliphatic carbocycles. The third kappa shape index (κ3) is 6.35. The predicted molar refractivity (Wildman–Crippen MR) is 163 cm³/mol. The van der Waals surface area contributed by atoms with Gasteiger partial charge in [-0.1, -0.05) is 55.7 Å². The summed E-state index contributed by atoms with van der Waals surface area (Å²) in [5, 5.41) is 14.9. The van der Waals surface area contributed by atoms with Crippen LogP contribution in [0.3, 0.4) is 0 Å². The number of nitrogens with one attached hydrogen (secondary N) is 1. The summed E-state index contributed by atoms with van der Waals surface area (Å²) in [5.74, 6) is 2.04. The number of ether oxygens (including phenoxy) is 1. The number of hydrogen-bond acceptors (Lipinski definition) is 4. The van der Waals surface area contributed by atoms with Crippen LogP contribution in [0.25, 0.3) is 11.1 Å². The Labute approximate surface area is 244 Å². The third-order valence-corrected chi connectivity index (χ3v) is 9.81. The van der Waals surface area contributed by atoms with E-state index in [4.69, 9.17) is 9.72 Å². The van der Waals surface area contributed by atoms with Gasteiger partial charge >= 0.3 is 0 Å². The summed E-state index contributed by atoms with van der Waals surface area (Å²) in [6, 6.07) is 19.1. The van der Waals surface area contributed by atoms with Crippen LogP contribution < -0.4 is 10.1 Å². The van der Waals surface area contributed by atoms with Gasteiger partial charge in [0, 0.05) is 35.2 Å². The zero-order valence-electron chi connectivity index (χ0n) is 24.5. The minimum absolute atomic E-state index is 0.0907. The first kappa shape index (κ1) is 28.0. The molecule has 1 amide bonds. The second-order valence-electron chi connectivity index (χ2n) is 12.7. The third-order valence-electron chi connectivity index (χ3n) is 9.81. The molecule has 5 heteroatoms. The summed E-state index contributed by atoms with van der Waals surface area (Å²) in [6.07, 6.45) is 12.0. The van der Waals surface area contributed by atoms with Crippen LogP contribution in [0.2, 0.25) is 0 Å². The molecule has 3 fully saturated rings. The van der Waals surface area contributed by atoms with E-state index in [1.807, 2.05) is 12.3 Å². The molecule has 2 N–H and O–H groups in total. The number of aliphatic hydroxyl groups excluding tert-OH is 1. The van der Waals surface area contributed by atoms with Crippen LogP contribution in [0.1, 0.15) is 104 Å². The minimum Gasteiger partial charge on any atom is -0.496 e. The highest BCUT2D eigenvalue weighted by atomic mass is 16.5. The van der Waals surface area contributed by atoms with Crippen molar-refractivity contribution in [1.29, 1.82) is 0 Å². The highest BCUT2D eigenvalue weighted by Crippen LogP contribution is 2.43. The van der Waals surface area contributed by atoms with E-state index in [0.29, 0.717) is 12.3 Å². The van der Waals surface area contributed by atoms with Crippen LogP contribution in [-0.2, 0) is 4.79 Å². The SMILES string of the molecule is COc1ccc(C2CCC(C(NC(=O)C3CCCCC3)c3cccc(-c4ccc(C5CC5)nc4)c3)CC2O)cc1C. The van der Waals surface area contributed by atoms with Gasteiger partial charge in [-0.15, -0.1) is 0 Å². The fourth-order valence-electron chi connectivity index (χ4n) is 7.22. The molecule has 216 valence electrons. The largest absolute Gasteiger partial charge is 0.496 e. The first-order valence-electron chi connectivity index (χ1n) is 15.7. The molecular formula is C36H44N2O3. The van der Waals surface area contributed by atoms with Gasteiger partial charge in [0.15, 0.2) is 0 Å². The number of amides is 1. The normalized spacial score (nSPS) is 24.0. The van der Waals surface area contributed by atoms with Crippen molar-refractivity contribution in [1.82, 2.24) is 10.3 Å². The zero-order chi connectivity index (χ0) is 28.3. The fourth-order valence-corrected chi connectivity index (χ4v) is 7.22. The number of aryl methyl sites for hydroxylation is 1. The van der Waals surface area contributed by atoms with E-state index in [0.717, 1.165) is 66.5 Å². The Morgan fingerprint density at radius 3 is 2.46 bits per heavy atom. The van der Waals surface area contributed by atoms with Crippen molar-refractivity contribution in [3.8, 4) is 16.9 Å². The molecule has 0 aliphatic heterocycles. The number of methoxy groups -OCH3 is 1. The number of benzene rings is 2. The van der Waals surface area contributed by atoms with Crippen LogP contribution in [-0.4, -0.2) is 29.2 Å². The smallest absolute Gasteiger partial charge is 0.223 e. The van der Waals surface area contributed by atoms with Gasteiger partial charge in [-0.2, -0.15) is 0 Å². The van der Waals surface area contributed by atoms with Gasteiger partial charge in [0.25, 0.3) is 0 Å². The van der Waals surface area contributed by atoms with Gasteiger partial charge in [0.2, 0.25) is 5.91 Å². The maximum absolute atomic E-state index is 13.6. The number of rotatable bonds is 8. The second-order valence-corrected chi connectivity index (χ2v) is 12.7. The fraction of sp³-hybridized carbons (Fsp3) is 0.500. The standard InChI is InChI=1S/C36H44N2O3/c1-23-19-27(15-18-34(23)41-2)31-16-13-29(21-33(31)39)35(38-36(40)25-7-4-3-5-8-25)28-10-6-9-26(20-28)30-14-17-32(37-22-30)24-11-12-24/h6,9-10,14-15,17-20,22,24-25,29,31,33,35,39H,3-5,7-8,11-13,16,21H2,1-2H3,(H,38,40). The topological polar surface area (TPSA) is 71.5 Å². The van der Waals surface area contributed by atoms with Crippen molar-refractivity contribution in [2.45, 2.75) is 95.1 Å². The Bertz CT molecular complexity index is 1340. The monoisotopic (exact) mass is 552 g/mol. The molecule has 4 unspecified atom stereocenters. The highest BCUT2D eigenvalue weighted by molar-refractivity contribution is 5.79. The van der Waals surface area contributed by atoms with E-state index in [1.54, 1.807) is 7.11 Å². The van der Waals surface area contributed by atoms with E-state index in [-0.39, 0.29) is 29.7 Å². The maximum Gasteiger partial charge on any atom is 0.223 e. The summed E-state index contributed by atoms with van der Waals surface area (Å²) in [4.78, 5) is 18.3. The van der Waals surface area contributed by atoms with E-state index < -0.39 is 6.10 Å². The summed E-state index contributed by atoms with van der Waals surface area (Å²) in [7, 11) is 1.69. The number of nitrogens with zero attached hydrogens (tertiary/aromatic N) is 1. The Hall–Kier alpha value is -3.18. The van der Waals surface area contributed by atoms with Crippen LogP contribution >= 0.6 is 0 Å². The quantitative estimate of drug-likeness (QED) is 0.301. The first-order chi connectivity index (χ1) is 20.0. The molecule has 1 heterocycles. The average molecular weight is 553 g/mol. The maximum atomic E-state index is 13.6. The number of carbonyl (C=O) groups is 1. The minimum atomic E-state index is -0.460. The van der Waals surface area contributed by atoms with E-state index in [2.05, 4.69) is 60.8 Å². The average Bonchev–Trinajstić information content (AvgIpc) is 3.86. The molecule has 4 atom stereocenters. The van der Waals surface area contributed by atoms with Crippen LogP contribution in [0.5, 0.6) is 5.75 Å². The van der Waals surface area contributed by atoms with Crippen LogP contribution in [0, 0.1) is 18.8 Å². The van der Waals surface area contributed by atoms with E-state index in [1.165, 1.54) is 30.5 Å². The molecule has 0 radical (unpaired) electrons. The van der Waals surface area contributed by atoms with Crippen molar-refractivity contribution in [3.05, 3.63) is 83.2 Å². The zero-order valence-corrected chi connectivity index (χ0v) is 24.5. The van der Waals surface area contributed by atoms with Gasteiger partial charge in [-0.3, -0.25) is 9.78 Å². The molecule has 6 rings (SSSR count). The Morgan fingerprint density at radius 1 is 0.951 bits per heavy atom. The van der Waals surface area contributed by atoms with Crippen molar-refractivity contribution in [2.24, 2.45) is 11.8 Å². The van der Waals surface area contributed by atoms with Gasteiger partial charge in [-0.25, -0.2) is 0 Å². The van der Waals surface area contributed by atoms with Gasteiger partial charge in [-0.05, 0) is 98.2 Å². The Kier molecular flexibility index (Phi) is 8.43. The molecule has 5 nitrogen and oxygen atoms in total. The van der Waals surface area contributed by atoms with Gasteiger partial charge in [0.05, 0.1) is 19.3 Å². The number of aromatic nitrogens is 1. The first-order valence-corrected chi connectivity index (χ1v) is 15.7. The second kappa shape index (κ2) is 12.4. The van der Waals surface area contributed by atoms with Crippen molar-refractivity contribution >= 4 is 5.91 Å². The summed E-state index contributed by atoms with van der Waals surface area (Å²) >= 11 is 0. The van der Waals surface area contributed by atoms with Gasteiger partial charge in [0.1, 0.15) is 5.75 Å². The molecule has 3 aromatic rings. The summed E-state index contributed by atoms with van der Waals surface area (Å²) in [5.41, 5.74) is 6.80. The number of aliphatic hydroxyl groups is 1. The van der Waals surface area contributed by atoms with E-state index >= 15 is 0 Å². The molecule has 0 bridgehead atoms. The lowest BCUT2D eigenvalue weighted by Crippen LogP contribution is -2.41. The molecule has 3 aliphatic rings. The van der Waals surface area contributed by atoms with Crippen LogP contribution in [0.15, 0.2) is 60.8 Å². The number of hydrogen-bond donors (Lipinski definition) is 2. The van der Waals surface area contributed by atoms with Crippen molar-refractivity contribution in [2.75, 3.05) is 7.11 Å². The lowest BCUT2D eigenvalue weighted by Gasteiger charge is -2.38. The molecule has 41 heavy (non-hydrogen) atoms. The Morgan fingerprint density at radius 2 is 1.78 bits per heavy atom. The summed E-state index contributed by atoms with van der Waals surface area (Å²) in [6.45, 7) is 2.05. The summed E-state index contributed by atoms with van der Waals surface area (Å²) < 4.78 is 5.45. The molecule has 2 aromatic carbocycles. The molecular weight excluding hydrogens is 508 g/mol.